The minimum Gasteiger partial charge on any atom is -0.348 e. The van der Waals surface area contributed by atoms with E-state index in [-0.39, 0.29) is 0 Å². The first kappa shape index (κ1) is 18.3. The average Bonchev–Trinajstić information content (AvgIpc) is 2.75. The normalized spacial score (nSPS) is 10.4. The van der Waals surface area contributed by atoms with Gasteiger partial charge < -0.3 is 16.0 Å². The van der Waals surface area contributed by atoms with Crippen molar-refractivity contribution in [2.75, 3.05) is 16.0 Å². The highest BCUT2D eigenvalue weighted by Gasteiger charge is 2.08. The van der Waals surface area contributed by atoms with Crippen molar-refractivity contribution >= 4 is 29.2 Å². The first-order valence-corrected chi connectivity index (χ1v) is 9.16. The zero-order valence-corrected chi connectivity index (χ0v) is 15.9. The lowest BCUT2D eigenvalue weighted by Gasteiger charge is -2.11. The molecule has 8 nitrogen and oxygen atoms in total. The molecule has 0 saturated heterocycles. The number of anilines is 5. The molecule has 0 amide bonds. The van der Waals surface area contributed by atoms with E-state index in [1.807, 2.05) is 67.6 Å². The van der Waals surface area contributed by atoms with Crippen molar-refractivity contribution < 1.29 is 0 Å². The van der Waals surface area contributed by atoms with Crippen LogP contribution in [0.5, 0.6) is 0 Å². The standard InChI is InChI=1S/C21H20N8/c1-15-12-23-18(13-22-15)14-24-19-27-20(25-16-8-4-2-5-9-16)29-21(28-19)26-17-10-6-3-7-11-17/h2-13H,14H2,1H3,(H3,24,25,26,27,28,29). The van der Waals surface area contributed by atoms with Crippen molar-refractivity contribution in [3.8, 4) is 0 Å². The third kappa shape index (κ3) is 5.23. The maximum atomic E-state index is 4.48. The van der Waals surface area contributed by atoms with Gasteiger partial charge in [0.1, 0.15) is 0 Å². The van der Waals surface area contributed by atoms with E-state index in [9.17, 15) is 0 Å². The number of aryl methyl sites for hydroxylation is 1. The molecule has 4 rings (SSSR count). The fourth-order valence-corrected chi connectivity index (χ4v) is 2.55. The highest BCUT2D eigenvalue weighted by molar-refractivity contribution is 5.58. The van der Waals surface area contributed by atoms with E-state index in [0.29, 0.717) is 24.4 Å². The lowest BCUT2D eigenvalue weighted by Crippen LogP contribution is -2.10. The van der Waals surface area contributed by atoms with Crippen LogP contribution in [0.25, 0.3) is 0 Å². The lowest BCUT2D eigenvalue weighted by atomic mass is 10.3. The Hall–Kier alpha value is -4.07. The molecule has 3 N–H and O–H groups in total. The van der Waals surface area contributed by atoms with E-state index in [1.54, 1.807) is 12.4 Å². The van der Waals surface area contributed by atoms with Crippen LogP contribution in [0.3, 0.4) is 0 Å². The zero-order valence-electron chi connectivity index (χ0n) is 15.9. The van der Waals surface area contributed by atoms with Gasteiger partial charge in [-0.15, -0.1) is 0 Å². The Morgan fingerprint density at radius 3 is 1.72 bits per heavy atom. The van der Waals surface area contributed by atoms with Gasteiger partial charge >= 0.3 is 0 Å². The van der Waals surface area contributed by atoms with Crippen LogP contribution < -0.4 is 16.0 Å². The smallest absolute Gasteiger partial charge is 0.233 e. The Morgan fingerprint density at radius 2 is 1.21 bits per heavy atom. The van der Waals surface area contributed by atoms with Crippen LogP contribution in [0.1, 0.15) is 11.4 Å². The Labute approximate surface area is 168 Å². The third-order valence-corrected chi connectivity index (χ3v) is 3.96. The van der Waals surface area contributed by atoms with Crippen molar-refractivity contribution in [3.63, 3.8) is 0 Å². The fraction of sp³-hybridized carbons (Fsp3) is 0.0952. The number of nitrogens with zero attached hydrogens (tertiary/aromatic N) is 5. The molecule has 2 aromatic carbocycles. The van der Waals surface area contributed by atoms with Gasteiger partial charge in [-0.05, 0) is 31.2 Å². The molecule has 4 aromatic rings. The summed E-state index contributed by atoms with van der Waals surface area (Å²) in [6.45, 7) is 2.35. The van der Waals surface area contributed by atoms with Gasteiger partial charge in [0.25, 0.3) is 0 Å². The Morgan fingerprint density at radius 1 is 0.655 bits per heavy atom. The second-order valence-electron chi connectivity index (χ2n) is 6.29. The molecule has 0 spiro atoms. The second-order valence-corrected chi connectivity index (χ2v) is 6.29. The number of benzene rings is 2. The summed E-state index contributed by atoms with van der Waals surface area (Å²) < 4.78 is 0. The first-order valence-electron chi connectivity index (χ1n) is 9.16. The molecule has 2 heterocycles. The maximum Gasteiger partial charge on any atom is 0.233 e. The molecule has 8 heteroatoms. The van der Waals surface area contributed by atoms with Crippen LogP contribution in [0.15, 0.2) is 73.1 Å². The zero-order chi connectivity index (χ0) is 19.9. The predicted octanol–water partition coefficient (Wildman–Crippen LogP) is 4.07. The van der Waals surface area contributed by atoms with Gasteiger partial charge in [-0.2, -0.15) is 15.0 Å². The van der Waals surface area contributed by atoms with E-state index in [0.717, 1.165) is 22.8 Å². The number of aromatic nitrogens is 5. The molecule has 2 aromatic heterocycles. The molecule has 0 aliphatic heterocycles. The van der Waals surface area contributed by atoms with E-state index in [2.05, 4.69) is 40.9 Å². The van der Waals surface area contributed by atoms with Crippen molar-refractivity contribution in [1.82, 2.24) is 24.9 Å². The van der Waals surface area contributed by atoms with Crippen molar-refractivity contribution in [3.05, 3.63) is 84.4 Å². The van der Waals surface area contributed by atoms with E-state index < -0.39 is 0 Å². The van der Waals surface area contributed by atoms with Gasteiger partial charge in [-0.25, -0.2) is 0 Å². The van der Waals surface area contributed by atoms with Crippen molar-refractivity contribution in [1.29, 1.82) is 0 Å². The molecule has 0 aliphatic carbocycles. The van der Waals surface area contributed by atoms with Crippen LogP contribution in [0, 0.1) is 6.92 Å². The largest absolute Gasteiger partial charge is 0.348 e. The average molecular weight is 384 g/mol. The quantitative estimate of drug-likeness (QED) is 0.438. The number of para-hydroxylation sites is 2. The summed E-state index contributed by atoms with van der Waals surface area (Å²) >= 11 is 0. The van der Waals surface area contributed by atoms with Crippen molar-refractivity contribution in [2.24, 2.45) is 0 Å². The topological polar surface area (TPSA) is 101 Å². The predicted molar refractivity (Wildman–Crippen MR) is 113 cm³/mol. The number of hydrogen-bond acceptors (Lipinski definition) is 8. The molecule has 144 valence electrons. The summed E-state index contributed by atoms with van der Waals surface area (Å²) in [7, 11) is 0. The summed E-state index contributed by atoms with van der Waals surface area (Å²) in [4.78, 5) is 22.0. The van der Waals surface area contributed by atoms with Crippen LogP contribution in [-0.2, 0) is 6.54 Å². The van der Waals surface area contributed by atoms with E-state index in [4.69, 9.17) is 0 Å². The highest BCUT2D eigenvalue weighted by Crippen LogP contribution is 2.18. The third-order valence-electron chi connectivity index (χ3n) is 3.96. The Balaban J connectivity index is 1.57. The van der Waals surface area contributed by atoms with Gasteiger partial charge in [0.15, 0.2) is 0 Å². The van der Waals surface area contributed by atoms with Crippen LogP contribution >= 0.6 is 0 Å². The Kier molecular flexibility index (Phi) is 5.52. The van der Waals surface area contributed by atoms with Crippen LogP contribution in [0.2, 0.25) is 0 Å². The summed E-state index contributed by atoms with van der Waals surface area (Å²) in [5.41, 5.74) is 3.45. The second kappa shape index (κ2) is 8.75. The number of rotatable bonds is 7. The van der Waals surface area contributed by atoms with E-state index >= 15 is 0 Å². The SMILES string of the molecule is Cc1cnc(CNc2nc(Nc3ccccc3)nc(Nc3ccccc3)n2)cn1. The maximum absolute atomic E-state index is 4.48. The first-order chi connectivity index (χ1) is 14.2. The van der Waals surface area contributed by atoms with Gasteiger partial charge in [0.05, 0.1) is 24.1 Å². The molecule has 0 radical (unpaired) electrons. The lowest BCUT2D eigenvalue weighted by molar-refractivity contribution is 0.953. The summed E-state index contributed by atoms with van der Waals surface area (Å²) in [5.74, 6) is 1.29. The number of nitrogens with one attached hydrogen (secondary N) is 3. The van der Waals surface area contributed by atoms with Crippen LogP contribution in [-0.4, -0.2) is 24.9 Å². The van der Waals surface area contributed by atoms with Gasteiger partial charge in [-0.1, -0.05) is 36.4 Å². The van der Waals surface area contributed by atoms with Gasteiger partial charge in [-0.3, -0.25) is 9.97 Å². The molecule has 0 aliphatic rings. The molecule has 0 fully saturated rings. The van der Waals surface area contributed by atoms with Gasteiger partial charge in [0, 0.05) is 17.6 Å². The molecule has 0 unspecified atom stereocenters. The molecular weight excluding hydrogens is 364 g/mol. The van der Waals surface area contributed by atoms with E-state index in [1.165, 1.54) is 0 Å². The molecular formula is C21H20N8. The molecule has 0 bridgehead atoms. The monoisotopic (exact) mass is 384 g/mol. The van der Waals surface area contributed by atoms with Crippen LogP contribution in [0.4, 0.5) is 29.2 Å². The van der Waals surface area contributed by atoms with Crippen molar-refractivity contribution in [2.45, 2.75) is 13.5 Å². The summed E-state index contributed by atoms with van der Waals surface area (Å²) in [5, 5.41) is 9.60. The molecule has 29 heavy (non-hydrogen) atoms. The highest BCUT2D eigenvalue weighted by atomic mass is 15.3. The number of hydrogen-bond donors (Lipinski definition) is 3. The minimum atomic E-state index is 0.430. The molecule has 0 atom stereocenters. The minimum absolute atomic E-state index is 0.430. The molecule has 0 saturated carbocycles. The van der Waals surface area contributed by atoms with Gasteiger partial charge in [0.2, 0.25) is 17.8 Å². The summed E-state index contributed by atoms with van der Waals surface area (Å²) in [6.07, 6.45) is 3.46. The fourth-order valence-electron chi connectivity index (χ4n) is 2.55. The summed E-state index contributed by atoms with van der Waals surface area (Å²) in [6, 6.07) is 19.5. The Bertz CT molecular complexity index is 993.